The third-order valence-electron chi connectivity index (χ3n) is 3.93. The Morgan fingerprint density at radius 3 is 2.90 bits per heavy atom. The molecule has 7 heteroatoms. The van der Waals surface area contributed by atoms with Crippen LogP contribution in [0.1, 0.15) is 13.3 Å². The van der Waals surface area contributed by atoms with Crippen molar-refractivity contribution in [2.75, 3.05) is 45.6 Å². The van der Waals surface area contributed by atoms with Crippen molar-refractivity contribution in [3.05, 3.63) is 21.0 Å². The Labute approximate surface area is 134 Å². The number of hydrogen-bond donors (Lipinski definition) is 1. The fourth-order valence-corrected chi connectivity index (χ4v) is 2.96. The van der Waals surface area contributed by atoms with Crippen molar-refractivity contribution in [2.24, 2.45) is 0 Å². The van der Waals surface area contributed by atoms with Crippen LogP contribution in [0.3, 0.4) is 0 Å². The molecule has 2 heterocycles. The topological polar surface area (TPSA) is 53.4 Å². The summed E-state index contributed by atoms with van der Waals surface area (Å²) in [5.74, 6) is 0. The van der Waals surface area contributed by atoms with Crippen LogP contribution in [0, 0.1) is 0 Å². The highest BCUT2D eigenvalue weighted by molar-refractivity contribution is 9.10. The lowest BCUT2D eigenvalue weighted by molar-refractivity contribution is 0.122. The summed E-state index contributed by atoms with van der Waals surface area (Å²) >= 11 is 3.39. The van der Waals surface area contributed by atoms with Gasteiger partial charge in [-0.25, -0.2) is 4.68 Å². The maximum atomic E-state index is 12.1. The molecule has 1 aliphatic heterocycles. The molecule has 0 bridgehead atoms. The zero-order chi connectivity index (χ0) is 15.4. The summed E-state index contributed by atoms with van der Waals surface area (Å²) in [5, 5.41) is 7.57. The number of aryl methyl sites for hydroxylation is 1. The molecule has 0 amide bonds. The minimum Gasteiger partial charge on any atom is -0.381 e. The SMILES string of the molecule is CCCn1ncc(NCC2CN(C)CCN2C)c(Br)c1=O. The predicted octanol–water partition coefficient (Wildman–Crippen LogP) is 1.07. The minimum absolute atomic E-state index is 0.0732. The van der Waals surface area contributed by atoms with Crippen LogP contribution in [0.25, 0.3) is 0 Å². The van der Waals surface area contributed by atoms with Crippen LogP contribution in [-0.2, 0) is 6.54 Å². The first kappa shape index (κ1) is 16.5. The van der Waals surface area contributed by atoms with Crippen LogP contribution in [0.4, 0.5) is 5.69 Å². The maximum Gasteiger partial charge on any atom is 0.283 e. The molecule has 21 heavy (non-hydrogen) atoms. The van der Waals surface area contributed by atoms with E-state index < -0.39 is 0 Å². The predicted molar refractivity (Wildman–Crippen MR) is 88.9 cm³/mol. The van der Waals surface area contributed by atoms with Crippen LogP contribution < -0.4 is 10.9 Å². The van der Waals surface area contributed by atoms with Gasteiger partial charge in [-0.05, 0) is 36.4 Å². The lowest BCUT2D eigenvalue weighted by atomic mass is 10.2. The quantitative estimate of drug-likeness (QED) is 0.854. The van der Waals surface area contributed by atoms with Gasteiger partial charge < -0.3 is 10.2 Å². The van der Waals surface area contributed by atoms with Crippen molar-refractivity contribution in [2.45, 2.75) is 25.9 Å². The number of hydrogen-bond acceptors (Lipinski definition) is 5. The number of piperazine rings is 1. The molecule has 118 valence electrons. The van der Waals surface area contributed by atoms with E-state index in [-0.39, 0.29) is 5.56 Å². The molecule has 2 rings (SSSR count). The molecule has 1 aromatic heterocycles. The van der Waals surface area contributed by atoms with E-state index >= 15 is 0 Å². The number of rotatable bonds is 5. The Bertz CT molecular complexity index is 533. The van der Waals surface area contributed by atoms with E-state index in [0.717, 1.165) is 38.3 Å². The van der Waals surface area contributed by atoms with Crippen LogP contribution >= 0.6 is 15.9 Å². The summed E-state index contributed by atoms with van der Waals surface area (Å²) in [4.78, 5) is 16.8. The molecule has 1 aromatic rings. The molecule has 1 N–H and O–H groups in total. The van der Waals surface area contributed by atoms with Crippen LogP contribution in [0.5, 0.6) is 0 Å². The minimum atomic E-state index is -0.0732. The molecule has 0 aromatic carbocycles. The zero-order valence-electron chi connectivity index (χ0n) is 13.0. The Morgan fingerprint density at radius 2 is 2.19 bits per heavy atom. The Morgan fingerprint density at radius 1 is 1.43 bits per heavy atom. The summed E-state index contributed by atoms with van der Waals surface area (Å²) in [7, 11) is 4.29. The van der Waals surface area contributed by atoms with Crippen LogP contribution in [-0.4, -0.2) is 65.9 Å². The van der Waals surface area contributed by atoms with Gasteiger partial charge in [0.25, 0.3) is 5.56 Å². The number of aromatic nitrogens is 2. The van der Waals surface area contributed by atoms with Crippen LogP contribution in [0.2, 0.25) is 0 Å². The monoisotopic (exact) mass is 357 g/mol. The second kappa shape index (κ2) is 7.38. The molecular weight excluding hydrogens is 334 g/mol. The van der Waals surface area contributed by atoms with Gasteiger partial charge in [-0.3, -0.25) is 9.69 Å². The van der Waals surface area contributed by atoms with E-state index in [1.54, 1.807) is 6.20 Å². The number of anilines is 1. The number of halogens is 1. The summed E-state index contributed by atoms with van der Waals surface area (Å²) < 4.78 is 2.06. The van der Waals surface area contributed by atoms with Gasteiger partial charge in [0.15, 0.2) is 0 Å². The molecule has 0 saturated carbocycles. The maximum absolute atomic E-state index is 12.1. The fourth-order valence-electron chi connectivity index (χ4n) is 2.51. The molecular formula is C14H24BrN5O. The van der Waals surface area contributed by atoms with E-state index in [4.69, 9.17) is 0 Å². The lowest BCUT2D eigenvalue weighted by Crippen LogP contribution is -2.52. The van der Waals surface area contributed by atoms with Gasteiger partial charge in [0.2, 0.25) is 0 Å². The van der Waals surface area contributed by atoms with Crippen molar-refractivity contribution < 1.29 is 0 Å². The second-order valence-electron chi connectivity index (χ2n) is 5.68. The van der Waals surface area contributed by atoms with Gasteiger partial charge in [-0.2, -0.15) is 5.10 Å². The van der Waals surface area contributed by atoms with Crippen molar-refractivity contribution in [3.8, 4) is 0 Å². The third kappa shape index (κ3) is 4.05. The first-order chi connectivity index (χ1) is 10.0. The van der Waals surface area contributed by atoms with Crippen molar-refractivity contribution in [1.82, 2.24) is 19.6 Å². The van der Waals surface area contributed by atoms with E-state index in [1.807, 2.05) is 6.92 Å². The molecule has 1 aliphatic rings. The van der Waals surface area contributed by atoms with E-state index in [2.05, 4.69) is 50.2 Å². The summed E-state index contributed by atoms with van der Waals surface area (Å²) in [6, 6.07) is 0.439. The van der Waals surface area contributed by atoms with Crippen molar-refractivity contribution in [1.29, 1.82) is 0 Å². The second-order valence-corrected chi connectivity index (χ2v) is 6.47. The number of nitrogens with one attached hydrogen (secondary N) is 1. The van der Waals surface area contributed by atoms with Gasteiger partial charge >= 0.3 is 0 Å². The molecule has 0 aliphatic carbocycles. The summed E-state index contributed by atoms with van der Waals surface area (Å²) in [6.07, 6.45) is 2.62. The third-order valence-corrected chi connectivity index (χ3v) is 4.69. The van der Waals surface area contributed by atoms with Gasteiger partial charge in [-0.15, -0.1) is 0 Å². The fraction of sp³-hybridized carbons (Fsp3) is 0.714. The lowest BCUT2D eigenvalue weighted by Gasteiger charge is -2.37. The van der Waals surface area contributed by atoms with E-state index in [9.17, 15) is 4.79 Å². The molecule has 0 radical (unpaired) electrons. The Hall–Kier alpha value is -0.920. The van der Waals surface area contributed by atoms with Crippen molar-refractivity contribution >= 4 is 21.6 Å². The van der Waals surface area contributed by atoms with Crippen LogP contribution in [0.15, 0.2) is 15.5 Å². The molecule has 1 saturated heterocycles. The molecule has 0 spiro atoms. The first-order valence-electron chi connectivity index (χ1n) is 7.41. The van der Waals surface area contributed by atoms with Gasteiger partial charge in [-0.1, -0.05) is 6.92 Å². The largest absolute Gasteiger partial charge is 0.381 e. The Balaban J connectivity index is 2.03. The average molecular weight is 358 g/mol. The zero-order valence-corrected chi connectivity index (χ0v) is 14.6. The summed E-state index contributed by atoms with van der Waals surface area (Å²) in [5.41, 5.74) is 0.699. The highest BCUT2D eigenvalue weighted by Crippen LogP contribution is 2.17. The normalized spacial score (nSPS) is 20.7. The number of likely N-dealkylation sites (N-methyl/N-ethyl adjacent to an activating group) is 2. The molecule has 6 nitrogen and oxygen atoms in total. The number of nitrogens with zero attached hydrogens (tertiary/aromatic N) is 4. The average Bonchev–Trinajstić information content (AvgIpc) is 2.46. The smallest absolute Gasteiger partial charge is 0.283 e. The van der Waals surface area contributed by atoms with E-state index in [1.165, 1.54) is 4.68 Å². The molecule has 1 atom stereocenters. The van der Waals surface area contributed by atoms with Gasteiger partial charge in [0.05, 0.1) is 11.9 Å². The van der Waals surface area contributed by atoms with Gasteiger partial charge in [0, 0.05) is 38.8 Å². The molecule has 1 unspecified atom stereocenters. The highest BCUT2D eigenvalue weighted by Gasteiger charge is 2.22. The van der Waals surface area contributed by atoms with E-state index in [0.29, 0.717) is 17.1 Å². The Kier molecular flexibility index (Phi) is 5.78. The van der Waals surface area contributed by atoms with Gasteiger partial charge in [0.1, 0.15) is 4.47 Å². The molecule has 1 fully saturated rings. The summed E-state index contributed by atoms with van der Waals surface area (Å²) in [6.45, 7) is 6.68. The standard InChI is InChI=1S/C14H24BrN5O/c1-4-5-20-14(21)13(15)12(9-17-20)16-8-11-10-18(2)6-7-19(11)3/h9,11,16H,4-8,10H2,1-3H3. The van der Waals surface area contributed by atoms with Crippen molar-refractivity contribution in [3.63, 3.8) is 0 Å². The highest BCUT2D eigenvalue weighted by atomic mass is 79.9. The first-order valence-corrected chi connectivity index (χ1v) is 8.20.